The van der Waals surface area contributed by atoms with Gasteiger partial charge < -0.3 is 0 Å². The first-order valence-corrected chi connectivity index (χ1v) is 8.95. The van der Waals surface area contributed by atoms with Crippen LogP contribution in [0, 0.1) is 12.8 Å². The summed E-state index contributed by atoms with van der Waals surface area (Å²) in [6.45, 7) is 13.3. The van der Waals surface area contributed by atoms with Gasteiger partial charge in [-0.2, -0.15) is 0 Å². The van der Waals surface area contributed by atoms with Crippen molar-refractivity contribution in [2.75, 3.05) is 0 Å². The zero-order chi connectivity index (χ0) is 16.1. The lowest BCUT2D eigenvalue weighted by atomic mass is 9.73. The van der Waals surface area contributed by atoms with Gasteiger partial charge >= 0.3 is 0 Å². The summed E-state index contributed by atoms with van der Waals surface area (Å²) in [4.78, 5) is 0. The van der Waals surface area contributed by atoms with Crippen LogP contribution in [0.25, 0.3) is 0 Å². The Bertz CT molecular complexity index is 547. The maximum absolute atomic E-state index is 4.25. The minimum Gasteiger partial charge on any atom is -0.0998 e. The smallest absolute Gasteiger partial charge is 0.00885 e. The van der Waals surface area contributed by atoms with E-state index >= 15 is 0 Å². The van der Waals surface area contributed by atoms with Crippen LogP contribution in [0.15, 0.2) is 42.0 Å². The van der Waals surface area contributed by atoms with Crippen molar-refractivity contribution in [3.05, 3.63) is 58.7 Å². The third kappa shape index (κ3) is 4.12. The van der Waals surface area contributed by atoms with Gasteiger partial charge in [0.25, 0.3) is 0 Å². The van der Waals surface area contributed by atoms with Crippen molar-refractivity contribution in [1.29, 1.82) is 0 Å². The maximum Gasteiger partial charge on any atom is 0.00885 e. The van der Waals surface area contributed by atoms with Crippen LogP contribution in [0.5, 0.6) is 0 Å². The lowest BCUT2D eigenvalue weighted by Gasteiger charge is -2.31. The van der Waals surface area contributed by atoms with E-state index in [0.717, 1.165) is 0 Å². The van der Waals surface area contributed by atoms with E-state index in [1.165, 1.54) is 66.4 Å². The Morgan fingerprint density at radius 2 is 2.00 bits per heavy atom. The number of hydrogen-bond acceptors (Lipinski definition) is 0. The van der Waals surface area contributed by atoms with Crippen molar-refractivity contribution in [2.45, 2.75) is 72.1 Å². The molecule has 0 saturated heterocycles. The molecule has 1 aromatic carbocycles. The van der Waals surface area contributed by atoms with Crippen molar-refractivity contribution in [3.8, 4) is 0 Å². The van der Waals surface area contributed by atoms with Gasteiger partial charge in [-0.15, -0.1) is 0 Å². The molecule has 1 aromatic rings. The molecule has 0 heterocycles. The van der Waals surface area contributed by atoms with Crippen LogP contribution in [0.3, 0.4) is 0 Å². The molecule has 0 aliphatic heterocycles. The van der Waals surface area contributed by atoms with Crippen molar-refractivity contribution in [2.24, 2.45) is 5.92 Å². The lowest BCUT2D eigenvalue weighted by Crippen LogP contribution is -2.17. The largest absolute Gasteiger partial charge is 0.0998 e. The van der Waals surface area contributed by atoms with E-state index in [1.54, 1.807) is 0 Å². The molecule has 2 atom stereocenters. The second kappa shape index (κ2) is 7.81. The molecule has 22 heavy (non-hydrogen) atoms. The highest BCUT2D eigenvalue weighted by molar-refractivity contribution is 5.39. The van der Waals surface area contributed by atoms with Crippen molar-refractivity contribution in [3.63, 3.8) is 0 Å². The van der Waals surface area contributed by atoms with E-state index in [2.05, 4.69) is 58.5 Å². The monoisotopic (exact) mass is 296 g/mol. The Hall–Kier alpha value is -1.30. The number of allylic oxidation sites excluding steroid dienone is 3. The second-order valence-electron chi connectivity index (χ2n) is 7.18. The van der Waals surface area contributed by atoms with Crippen LogP contribution in [-0.2, 0) is 6.42 Å². The quantitative estimate of drug-likeness (QED) is 0.402. The number of benzene rings is 1. The van der Waals surface area contributed by atoms with Crippen LogP contribution in [0.2, 0.25) is 0 Å². The Morgan fingerprint density at radius 1 is 1.23 bits per heavy atom. The molecule has 0 spiro atoms. The fourth-order valence-corrected chi connectivity index (χ4v) is 3.77. The average molecular weight is 296 g/mol. The lowest BCUT2D eigenvalue weighted by molar-refractivity contribution is 0.482. The fraction of sp³-hybridized carbons (Fsp3) is 0.545. The van der Waals surface area contributed by atoms with E-state index in [1.807, 2.05) is 0 Å². The van der Waals surface area contributed by atoms with Gasteiger partial charge in [0.1, 0.15) is 0 Å². The van der Waals surface area contributed by atoms with Gasteiger partial charge in [-0.3, -0.25) is 0 Å². The van der Waals surface area contributed by atoms with E-state index in [4.69, 9.17) is 0 Å². The van der Waals surface area contributed by atoms with Crippen LogP contribution < -0.4 is 0 Å². The molecular formula is C22H32. The zero-order valence-electron chi connectivity index (χ0n) is 14.9. The molecule has 0 amide bonds. The van der Waals surface area contributed by atoms with E-state index in [9.17, 15) is 0 Å². The Kier molecular flexibility index (Phi) is 6.06. The maximum atomic E-state index is 4.25. The summed E-state index contributed by atoms with van der Waals surface area (Å²) in [6, 6.07) is 7.15. The zero-order valence-corrected chi connectivity index (χ0v) is 14.9. The van der Waals surface area contributed by atoms with E-state index < -0.39 is 0 Å². The van der Waals surface area contributed by atoms with Crippen LogP contribution in [0.1, 0.15) is 75.5 Å². The number of hydrogen-bond donors (Lipinski definition) is 0. The van der Waals surface area contributed by atoms with Crippen LogP contribution in [-0.4, -0.2) is 0 Å². The molecule has 0 unspecified atom stereocenters. The fourth-order valence-electron chi connectivity index (χ4n) is 3.77. The Labute approximate surface area is 137 Å². The first kappa shape index (κ1) is 17.1. The third-order valence-electron chi connectivity index (χ3n) is 5.14. The highest BCUT2D eigenvalue weighted by atomic mass is 14.3. The highest BCUT2D eigenvalue weighted by Crippen LogP contribution is 2.40. The Balaban J connectivity index is 2.23. The highest BCUT2D eigenvalue weighted by Gasteiger charge is 2.26. The van der Waals surface area contributed by atoms with Gasteiger partial charge in [0, 0.05) is 5.92 Å². The first-order valence-electron chi connectivity index (χ1n) is 8.95. The predicted molar refractivity (Wildman–Crippen MR) is 98.4 cm³/mol. The summed E-state index contributed by atoms with van der Waals surface area (Å²) in [6.07, 6.45) is 10.1. The molecule has 0 saturated carbocycles. The van der Waals surface area contributed by atoms with Gasteiger partial charge in [-0.25, -0.2) is 0 Å². The predicted octanol–water partition coefficient (Wildman–Crippen LogP) is 6.74. The van der Waals surface area contributed by atoms with Crippen molar-refractivity contribution >= 4 is 0 Å². The topological polar surface area (TPSA) is 0 Å². The summed E-state index contributed by atoms with van der Waals surface area (Å²) in [5, 5.41) is 0. The second-order valence-corrected chi connectivity index (χ2v) is 7.18. The summed E-state index contributed by atoms with van der Waals surface area (Å²) in [5.41, 5.74) is 7.33. The molecular weight excluding hydrogens is 264 g/mol. The summed E-state index contributed by atoms with van der Waals surface area (Å²) < 4.78 is 0. The van der Waals surface area contributed by atoms with Crippen LogP contribution >= 0.6 is 0 Å². The number of unbranched alkanes of at least 4 members (excludes halogenated alkanes) is 2. The molecule has 0 N–H and O–H groups in total. The van der Waals surface area contributed by atoms with Crippen LogP contribution in [0.4, 0.5) is 0 Å². The molecule has 0 nitrogen and oxygen atoms in total. The molecule has 1 aliphatic carbocycles. The Morgan fingerprint density at radius 3 is 2.64 bits per heavy atom. The molecule has 0 heteroatoms. The van der Waals surface area contributed by atoms with Gasteiger partial charge in [0.15, 0.2) is 0 Å². The van der Waals surface area contributed by atoms with Crippen molar-refractivity contribution < 1.29 is 0 Å². The van der Waals surface area contributed by atoms with E-state index in [0.29, 0.717) is 11.8 Å². The van der Waals surface area contributed by atoms with Gasteiger partial charge in [0.05, 0.1) is 0 Å². The third-order valence-corrected chi connectivity index (χ3v) is 5.14. The summed E-state index contributed by atoms with van der Waals surface area (Å²) in [7, 11) is 0. The molecule has 0 bridgehead atoms. The summed E-state index contributed by atoms with van der Waals surface area (Å²) in [5.74, 6) is 1.13. The summed E-state index contributed by atoms with van der Waals surface area (Å²) >= 11 is 0. The molecule has 0 fully saturated rings. The SMILES string of the molecule is C=C(C)[C@@H]1CCC(C)=C[C@H]1c1ccc(CCCCC)cc1C. The molecule has 0 aromatic heterocycles. The standard InChI is InChI=1S/C22H32/c1-6-7-8-9-19-11-13-21(18(5)15-19)22-14-17(4)10-12-20(22)16(2)3/h11,13-15,20,22H,2,6-10,12H2,1,3-5H3/t20-,22+/m0/s1. The molecule has 0 radical (unpaired) electrons. The molecule has 120 valence electrons. The van der Waals surface area contributed by atoms with Gasteiger partial charge in [-0.05, 0) is 69.1 Å². The minimum atomic E-state index is 0.524. The average Bonchev–Trinajstić information content (AvgIpc) is 2.47. The molecule has 1 aliphatic rings. The van der Waals surface area contributed by atoms with Crippen molar-refractivity contribution in [1.82, 2.24) is 0 Å². The number of rotatable bonds is 6. The number of aryl methyl sites for hydroxylation is 2. The van der Waals surface area contributed by atoms with E-state index in [-0.39, 0.29) is 0 Å². The molecule has 2 rings (SSSR count). The van der Waals surface area contributed by atoms with Gasteiger partial charge in [0.2, 0.25) is 0 Å². The first-order chi connectivity index (χ1) is 10.5. The minimum absolute atomic E-state index is 0.524. The normalized spacial score (nSPS) is 21.5. The van der Waals surface area contributed by atoms with Gasteiger partial charge in [-0.1, -0.05) is 61.8 Å².